The first kappa shape index (κ1) is 11.9. The summed E-state index contributed by atoms with van der Waals surface area (Å²) in [6, 6.07) is 0. The zero-order valence-electron chi connectivity index (χ0n) is 11.0. The lowest BCUT2D eigenvalue weighted by Gasteiger charge is -2.26. The molecule has 1 aromatic heterocycles. The standard InChI is InChI=1S/C14H22N4/c1-2-8-18(9-3-1)10-7-15-14-12-5-4-6-13(12)16-11-17-14/h11H,1-10H2,(H,15,16,17). The molecule has 1 aliphatic carbocycles. The molecule has 4 heteroatoms. The molecule has 18 heavy (non-hydrogen) atoms. The monoisotopic (exact) mass is 246 g/mol. The van der Waals surface area contributed by atoms with Crippen LogP contribution in [-0.2, 0) is 12.8 Å². The Morgan fingerprint density at radius 2 is 1.94 bits per heavy atom. The number of aromatic nitrogens is 2. The van der Waals surface area contributed by atoms with Crippen molar-refractivity contribution in [2.24, 2.45) is 0 Å². The van der Waals surface area contributed by atoms with Gasteiger partial charge in [-0.25, -0.2) is 9.97 Å². The minimum atomic E-state index is 1.00. The normalized spacial score (nSPS) is 19.8. The zero-order chi connectivity index (χ0) is 12.2. The first-order valence-electron chi connectivity index (χ1n) is 7.22. The molecule has 0 aromatic carbocycles. The van der Waals surface area contributed by atoms with Gasteiger partial charge in [0.2, 0.25) is 0 Å². The van der Waals surface area contributed by atoms with E-state index in [1.807, 2.05) is 0 Å². The van der Waals surface area contributed by atoms with Crippen LogP contribution >= 0.6 is 0 Å². The van der Waals surface area contributed by atoms with Crippen molar-refractivity contribution >= 4 is 5.82 Å². The molecular weight excluding hydrogens is 224 g/mol. The maximum Gasteiger partial charge on any atom is 0.132 e. The average molecular weight is 246 g/mol. The summed E-state index contributed by atoms with van der Waals surface area (Å²) >= 11 is 0. The van der Waals surface area contributed by atoms with E-state index < -0.39 is 0 Å². The van der Waals surface area contributed by atoms with Crippen LogP contribution in [0.5, 0.6) is 0 Å². The molecule has 1 saturated heterocycles. The summed E-state index contributed by atoms with van der Waals surface area (Å²) in [4.78, 5) is 11.3. The molecule has 98 valence electrons. The molecule has 1 fully saturated rings. The van der Waals surface area contributed by atoms with Crippen molar-refractivity contribution < 1.29 is 0 Å². The smallest absolute Gasteiger partial charge is 0.132 e. The third-order valence-corrected chi connectivity index (χ3v) is 4.04. The van der Waals surface area contributed by atoms with Crippen LogP contribution in [0.3, 0.4) is 0 Å². The highest BCUT2D eigenvalue weighted by Gasteiger charge is 2.17. The highest BCUT2D eigenvalue weighted by atomic mass is 15.1. The van der Waals surface area contributed by atoms with Gasteiger partial charge < -0.3 is 10.2 Å². The molecule has 0 amide bonds. The molecule has 4 nitrogen and oxygen atoms in total. The van der Waals surface area contributed by atoms with Crippen molar-refractivity contribution in [2.45, 2.75) is 38.5 Å². The van der Waals surface area contributed by atoms with Gasteiger partial charge in [-0.15, -0.1) is 0 Å². The second-order valence-electron chi connectivity index (χ2n) is 5.33. The minimum absolute atomic E-state index is 1.00. The molecule has 3 rings (SSSR count). The van der Waals surface area contributed by atoms with E-state index in [0.29, 0.717) is 0 Å². The first-order valence-corrected chi connectivity index (χ1v) is 7.22. The van der Waals surface area contributed by atoms with E-state index in [-0.39, 0.29) is 0 Å². The Bertz CT molecular complexity index is 399. The van der Waals surface area contributed by atoms with Gasteiger partial charge in [0.1, 0.15) is 12.1 Å². The summed E-state index contributed by atoms with van der Waals surface area (Å²) in [5.41, 5.74) is 2.61. The molecule has 2 heterocycles. The van der Waals surface area contributed by atoms with E-state index in [2.05, 4.69) is 20.2 Å². The lowest BCUT2D eigenvalue weighted by atomic mass is 10.1. The van der Waals surface area contributed by atoms with Crippen molar-refractivity contribution in [2.75, 3.05) is 31.5 Å². The number of nitrogens with zero attached hydrogens (tertiary/aromatic N) is 3. The van der Waals surface area contributed by atoms with Crippen LogP contribution < -0.4 is 5.32 Å². The number of anilines is 1. The summed E-state index contributed by atoms with van der Waals surface area (Å²) in [5.74, 6) is 1.08. The summed E-state index contributed by atoms with van der Waals surface area (Å²) in [6.07, 6.45) is 9.33. The number of piperidine rings is 1. The molecule has 0 saturated carbocycles. The fourth-order valence-corrected chi connectivity index (χ4v) is 3.03. The third kappa shape index (κ3) is 2.64. The van der Waals surface area contributed by atoms with Crippen LogP contribution in [0, 0.1) is 0 Å². The second kappa shape index (κ2) is 5.65. The van der Waals surface area contributed by atoms with Gasteiger partial charge in [-0.05, 0) is 45.2 Å². The van der Waals surface area contributed by atoms with Crippen molar-refractivity contribution in [3.63, 3.8) is 0 Å². The number of aryl methyl sites for hydroxylation is 1. The topological polar surface area (TPSA) is 41.1 Å². The molecular formula is C14H22N4. The molecule has 0 unspecified atom stereocenters. The quantitative estimate of drug-likeness (QED) is 0.880. The lowest BCUT2D eigenvalue weighted by Crippen LogP contribution is -2.33. The Labute approximate surface area is 109 Å². The Kier molecular flexibility index (Phi) is 3.74. The van der Waals surface area contributed by atoms with E-state index in [1.54, 1.807) is 6.33 Å². The van der Waals surface area contributed by atoms with Crippen molar-refractivity contribution in [1.82, 2.24) is 14.9 Å². The Morgan fingerprint density at radius 3 is 2.83 bits per heavy atom. The molecule has 1 aromatic rings. The SMILES string of the molecule is c1nc2c(c(NCCN3CCCCC3)n1)CCC2. The van der Waals surface area contributed by atoms with Gasteiger partial charge in [0, 0.05) is 24.3 Å². The maximum absolute atomic E-state index is 4.39. The Morgan fingerprint density at radius 1 is 1.06 bits per heavy atom. The number of fused-ring (bicyclic) bond motifs is 1. The van der Waals surface area contributed by atoms with Crippen LogP contribution in [0.15, 0.2) is 6.33 Å². The van der Waals surface area contributed by atoms with E-state index in [9.17, 15) is 0 Å². The number of likely N-dealkylation sites (tertiary alicyclic amines) is 1. The highest BCUT2D eigenvalue weighted by Crippen LogP contribution is 2.24. The lowest BCUT2D eigenvalue weighted by molar-refractivity contribution is 0.237. The van der Waals surface area contributed by atoms with Gasteiger partial charge in [-0.2, -0.15) is 0 Å². The summed E-state index contributed by atoms with van der Waals surface area (Å²) in [6.45, 7) is 4.68. The van der Waals surface area contributed by atoms with Gasteiger partial charge in [-0.3, -0.25) is 0 Å². The predicted molar refractivity (Wildman–Crippen MR) is 72.8 cm³/mol. The number of rotatable bonds is 4. The van der Waals surface area contributed by atoms with Gasteiger partial charge in [0.15, 0.2) is 0 Å². The molecule has 1 N–H and O–H groups in total. The van der Waals surface area contributed by atoms with E-state index in [0.717, 1.165) is 31.7 Å². The zero-order valence-corrected chi connectivity index (χ0v) is 11.0. The van der Waals surface area contributed by atoms with Crippen LogP contribution in [0.4, 0.5) is 5.82 Å². The van der Waals surface area contributed by atoms with Crippen LogP contribution in [0.25, 0.3) is 0 Å². The van der Waals surface area contributed by atoms with Crippen LogP contribution in [0.2, 0.25) is 0 Å². The minimum Gasteiger partial charge on any atom is -0.368 e. The third-order valence-electron chi connectivity index (χ3n) is 4.04. The fraction of sp³-hybridized carbons (Fsp3) is 0.714. The van der Waals surface area contributed by atoms with Gasteiger partial charge in [-0.1, -0.05) is 6.42 Å². The van der Waals surface area contributed by atoms with Crippen molar-refractivity contribution in [1.29, 1.82) is 0 Å². The Hall–Kier alpha value is -1.16. The van der Waals surface area contributed by atoms with Crippen molar-refractivity contribution in [3.8, 4) is 0 Å². The predicted octanol–water partition coefficient (Wildman–Crippen LogP) is 1.86. The Balaban J connectivity index is 1.52. The van der Waals surface area contributed by atoms with E-state index >= 15 is 0 Å². The number of nitrogens with one attached hydrogen (secondary N) is 1. The van der Waals surface area contributed by atoms with Gasteiger partial charge in [0.25, 0.3) is 0 Å². The number of hydrogen-bond acceptors (Lipinski definition) is 4. The van der Waals surface area contributed by atoms with Crippen LogP contribution in [0.1, 0.15) is 36.9 Å². The summed E-state index contributed by atoms with van der Waals surface area (Å²) in [7, 11) is 0. The van der Waals surface area contributed by atoms with Gasteiger partial charge >= 0.3 is 0 Å². The summed E-state index contributed by atoms with van der Waals surface area (Å²) in [5, 5.41) is 3.50. The average Bonchev–Trinajstić information content (AvgIpc) is 2.89. The molecule has 0 bridgehead atoms. The first-order chi connectivity index (χ1) is 8.93. The number of hydrogen-bond donors (Lipinski definition) is 1. The molecule has 0 spiro atoms. The second-order valence-corrected chi connectivity index (χ2v) is 5.33. The van der Waals surface area contributed by atoms with Gasteiger partial charge in [0.05, 0.1) is 0 Å². The molecule has 2 aliphatic rings. The largest absolute Gasteiger partial charge is 0.368 e. The van der Waals surface area contributed by atoms with Crippen molar-refractivity contribution in [3.05, 3.63) is 17.6 Å². The molecule has 0 radical (unpaired) electrons. The maximum atomic E-state index is 4.39. The molecule has 0 atom stereocenters. The summed E-state index contributed by atoms with van der Waals surface area (Å²) < 4.78 is 0. The fourth-order valence-electron chi connectivity index (χ4n) is 3.03. The molecule has 1 aliphatic heterocycles. The highest BCUT2D eigenvalue weighted by molar-refractivity contribution is 5.47. The van der Waals surface area contributed by atoms with E-state index in [4.69, 9.17) is 0 Å². The van der Waals surface area contributed by atoms with Crippen LogP contribution in [-0.4, -0.2) is 41.0 Å². The van der Waals surface area contributed by atoms with E-state index in [1.165, 1.54) is 50.0 Å².